The number of benzene rings is 1. The van der Waals surface area contributed by atoms with E-state index < -0.39 is 15.6 Å². The van der Waals surface area contributed by atoms with Crippen LogP contribution in [0.5, 0.6) is 5.75 Å². The van der Waals surface area contributed by atoms with Crippen LogP contribution < -0.4 is 15.2 Å². The van der Waals surface area contributed by atoms with Gasteiger partial charge in [0, 0.05) is 16.6 Å². The van der Waals surface area contributed by atoms with Gasteiger partial charge in [0.05, 0.1) is 17.0 Å². The fourth-order valence-electron chi connectivity index (χ4n) is 1.23. The third-order valence-electron chi connectivity index (χ3n) is 2.21. The van der Waals surface area contributed by atoms with Crippen LogP contribution in [0.25, 0.3) is 0 Å². The summed E-state index contributed by atoms with van der Waals surface area (Å²) in [7, 11) is -2.23. The normalized spacial score (nSPS) is 12.5. The first kappa shape index (κ1) is 16.7. The predicted molar refractivity (Wildman–Crippen MR) is 79.2 cm³/mol. The van der Waals surface area contributed by atoms with Gasteiger partial charge in [-0.1, -0.05) is 11.6 Å². The molecule has 5 nitrogen and oxygen atoms in total. The van der Waals surface area contributed by atoms with E-state index in [0.717, 1.165) is 0 Å². The van der Waals surface area contributed by atoms with Crippen LogP contribution >= 0.6 is 27.5 Å². The Kier molecular flexibility index (Phi) is 5.25. The van der Waals surface area contributed by atoms with Crippen molar-refractivity contribution in [2.45, 2.75) is 24.3 Å². The molecule has 0 aliphatic carbocycles. The fraction of sp³-hybridized carbons (Fsp3) is 0.455. The number of nitrogens with two attached hydrogens (primary N) is 1. The highest BCUT2D eigenvalue weighted by atomic mass is 79.9. The predicted octanol–water partition coefficient (Wildman–Crippen LogP) is 2.13. The number of halogens is 2. The minimum absolute atomic E-state index is 0.0440. The fourth-order valence-corrected chi connectivity index (χ4v) is 3.80. The van der Waals surface area contributed by atoms with Crippen molar-refractivity contribution in [2.75, 3.05) is 13.7 Å². The van der Waals surface area contributed by atoms with Crippen LogP contribution in [0.15, 0.2) is 21.5 Å². The van der Waals surface area contributed by atoms with Crippen molar-refractivity contribution in [2.24, 2.45) is 5.73 Å². The van der Waals surface area contributed by atoms with Crippen LogP contribution in [0.2, 0.25) is 5.02 Å². The summed E-state index contributed by atoms with van der Waals surface area (Å²) in [6.07, 6.45) is 0. The summed E-state index contributed by atoms with van der Waals surface area (Å²) in [5, 5.41) is 0.220. The van der Waals surface area contributed by atoms with Gasteiger partial charge in [0.1, 0.15) is 5.75 Å². The van der Waals surface area contributed by atoms with Gasteiger partial charge in [0.15, 0.2) is 0 Å². The molecule has 108 valence electrons. The summed E-state index contributed by atoms with van der Waals surface area (Å²) < 4.78 is 32.1. The molecule has 0 unspecified atom stereocenters. The van der Waals surface area contributed by atoms with Crippen molar-refractivity contribution in [1.82, 2.24) is 4.72 Å². The number of hydrogen-bond acceptors (Lipinski definition) is 4. The molecule has 0 spiro atoms. The highest BCUT2D eigenvalue weighted by Crippen LogP contribution is 2.33. The van der Waals surface area contributed by atoms with E-state index in [9.17, 15) is 8.42 Å². The average Bonchev–Trinajstić information content (AvgIpc) is 2.28. The molecule has 0 atom stereocenters. The number of methoxy groups -OCH3 is 1. The lowest BCUT2D eigenvalue weighted by Crippen LogP contribution is -2.45. The van der Waals surface area contributed by atoms with Gasteiger partial charge in [-0.15, -0.1) is 0 Å². The topological polar surface area (TPSA) is 81.4 Å². The Bertz CT molecular complexity index is 570. The average molecular weight is 372 g/mol. The SMILES string of the molecule is COc1cc(Br)c(S(=O)(=O)NCC(C)(C)N)cc1Cl. The molecule has 0 amide bonds. The highest BCUT2D eigenvalue weighted by Gasteiger charge is 2.22. The van der Waals surface area contributed by atoms with Gasteiger partial charge in [-0.05, 0) is 41.9 Å². The lowest BCUT2D eigenvalue weighted by molar-refractivity contribution is 0.414. The molecule has 0 aliphatic heterocycles. The van der Waals surface area contributed by atoms with Gasteiger partial charge in [-0.25, -0.2) is 13.1 Å². The number of hydrogen-bond donors (Lipinski definition) is 2. The lowest BCUT2D eigenvalue weighted by atomic mass is 10.1. The zero-order chi connectivity index (χ0) is 14.8. The molecular weight excluding hydrogens is 356 g/mol. The van der Waals surface area contributed by atoms with E-state index in [0.29, 0.717) is 10.2 Å². The highest BCUT2D eigenvalue weighted by molar-refractivity contribution is 9.10. The van der Waals surface area contributed by atoms with Gasteiger partial charge in [0.2, 0.25) is 10.0 Å². The van der Waals surface area contributed by atoms with Gasteiger partial charge >= 0.3 is 0 Å². The summed E-state index contributed by atoms with van der Waals surface area (Å²) in [5.74, 6) is 0.395. The first-order valence-corrected chi connectivity index (χ1v) is 8.04. The third-order valence-corrected chi connectivity index (χ3v) is 4.87. The van der Waals surface area contributed by atoms with Gasteiger partial charge < -0.3 is 10.5 Å². The lowest BCUT2D eigenvalue weighted by Gasteiger charge is -2.19. The summed E-state index contributed by atoms with van der Waals surface area (Å²) in [4.78, 5) is 0.0440. The molecule has 1 rings (SSSR count). The van der Waals surface area contributed by atoms with Crippen molar-refractivity contribution >= 4 is 37.6 Å². The Hall–Kier alpha value is -0.340. The van der Waals surface area contributed by atoms with Gasteiger partial charge in [-0.3, -0.25) is 0 Å². The monoisotopic (exact) mass is 370 g/mol. The Morgan fingerprint density at radius 2 is 2.05 bits per heavy atom. The summed E-state index contributed by atoms with van der Waals surface area (Å²) in [6, 6.07) is 2.83. The molecule has 1 aromatic rings. The summed E-state index contributed by atoms with van der Waals surface area (Å²) in [5.41, 5.74) is 5.11. The van der Waals surface area contributed by atoms with E-state index in [-0.39, 0.29) is 16.5 Å². The van der Waals surface area contributed by atoms with E-state index in [2.05, 4.69) is 20.7 Å². The summed E-state index contributed by atoms with van der Waals surface area (Å²) in [6.45, 7) is 3.57. The number of ether oxygens (including phenoxy) is 1. The molecular formula is C11H16BrClN2O3S. The maximum absolute atomic E-state index is 12.2. The molecule has 0 fully saturated rings. The second-order valence-electron chi connectivity index (χ2n) is 4.73. The first-order valence-electron chi connectivity index (χ1n) is 5.38. The van der Waals surface area contributed by atoms with Crippen LogP contribution in [0.1, 0.15) is 13.8 Å². The van der Waals surface area contributed by atoms with E-state index >= 15 is 0 Å². The Morgan fingerprint density at radius 3 is 2.53 bits per heavy atom. The summed E-state index contributed by atoms with van der Waals surface area (Å²) >= 11 is 9.12. The Labute approximate surface area is 126 Å². The first-order chi connectivity index (χ1) is 8.57. The maximum Gasteiger partial charge on any atom is 0.241 e. The van der Waals surface area contributed by atoms with Gasteiger partial charge in [-0.2, -0.15) is 0 Å². The molecule has 19 heavy (non-hydrogen) atoms. The molecule has 0 saturated carbocycles. The minimum atomic E-state index is -3.69. The molecule has 0 aliphatic rings. The standard InChI is InChI=1S/C11H16BrClN2O3S/c1-11(2,14)6-15-19(16,17)10-5-8(13)9(18-3)4-7(10)12/h4-5,15H,6,14H2,1-3H3. The second kappa shape index (κ2) is 5.97. The third kappa shape index (κ3) is 4.61. The molecule has 8 heteroatoms. The molecule has 0 aromatic heterocycles. The van der Waals surface area contributed by atoms with E-state index in [1.807, 2.05) is 0 Å². The second-order valence-corrected chi connectivity index (χ2v) is 7.73. The van der Waals surface area contributed by atoms with Crippen molar-refractivity contribution in [3.63, 3.8) is 0 Å². The largest absolute Gasteiger partial charge is 0.495 e. The molecule has 0 radical (unpaired) electrons. The van der Waals surface area contributed by atoms with Crippen molar-refractivity contribution < 1.29 is 13.2 Å². The van der Waals surface area contributed by atoms with Crippen LogP contribution in [0.3, 0.4) is 0 Å². The van der Waals surface area contributed by atoms with Crippen molar-refractivity contribution in [3.05, 3.63) is 21.6 Å². The number of nitrogens with one attached hydrogen (secondary N) is 1. The smallest absolute Gasteiger partial charge is 0.241 e. The van der Waals surface area contributed by atoms with Gasteiger partial charge in [0.25, 0.3) is 0 Å². The van der Waals surface area contributed by atoms with E-state index in [4.69, 9.17) is 22.1 Å². The number of rotatable bonds is 5. The molecule has 0 heterocycles. The van der Waals surface area contributed by atoms with Crippen LogP contribution in [0, 0.1) is 0 Å². The van der Waals surface area contributed by atoms with Crippen molar-refractivity contribution in [3.8, 4) is 5.75 Å². The molecule has 3 N–H and O–H groups in total. The minimum Gasteiger partial charge on any atom is -0.495 e. The zero-order valence-electron chi connectivity index (χ0n) is 10.8. The Morgan fingerprint density at radius 1 is 1.47 bits per heavy atom. The van der Waals surface area contributed by atoms with E-state index in [1.165, 1.54) is 19.2 Å². The van der Waals surface area contributed by atoms with Crippen LogP contribution in [-0.4, -0.2) is 27.6 Å². The van der Waals surface area contributed by atoms with Crippen molar-refractivity contribution in [1.29, 1.82) is 0 Å². The Balaban J connectivity index is 3.12. The quantitative estimate of drug-likeness (QED) is 0.831. The van der Waals surface area contributed by atoms with E-state index in [1.54, 1.807) is 13.8 Å². The maximum atomic E-state index is 12.2. The number of sulfonamides is 1. The van der Waals surface area contributed by atoms with Crippen LogP contribution in [0.4, 0.5) is 0 Å². The van der Waals surface area contributed by atoms with Crippen LogP contribution in [-0.2, 0) is 10.0 Å². The molecule has 0 saturated heterocycles. The zero-order valence-corrected chi connectivity index (χ0v) is 14.0. The molecule has 0 bridgehead atoms. The molecule has 1 aromatic carbocycles.